The van der Waals surface area contributed by atoms with Crippen molar-refractivity contribution in [3.8, 4) is 0 Å². The molecular weight excluding hydrogens is 202 g/mol. The maximum absolute atomic E-state index is 5.53. The molecule has 1 aromatic rings. The normalized spacial score (nSPS) is 27.9. The molecule has 90 valence electrons. The van der Waals surface area contributed by atoms with Gasteiger partial charge in [-0.2, -0.15) is 0 Å². The van der Waals surface area contributed by atoms with E-state index < -0.39 is 0 Å². The van der Waals surface area contributed by atoms with E-state index in [1.54, 1.807) is 6.26 Å². The van der Waals surface area contributed by atoms with E-state index in [4.69, 9.17) is 9.15 Å². The molecule has 0 aromatic carbocycles. The number of nitrogens with one attached hydrogen (secondary N) is 1. The Labute approximate surface area is 97.2 Å². The van der Waals surface area contributed by atoms with Crippen LogP contribution in [0.1, 0.15) is 44.4 Å². The summed E-state index contributed by atoms with van der Waals surface area (Å²) < 4.78 is 10.9. The van der Waals surface area contributed by atoms with E-state index in [0.717, 1.165) is 5.76 Å². The second-order valence-corrected chi connectivity index (χ2v) is 4.57. The van der Waals surface area contributed by atoms with E-state index in [1.807, 2.05) is 19.2 Å². The SMILES string of the molecule is COC1CCCCC1N[C@@H](C)c1ccco1. The fraction of sp³-hybridized carbons (Fsp3) is 0.692. The van der Waals surface area contributed by atoms with E-state index >= 15 is 0 Å². The molecule has 1 aliphatic carbocycles. The number of rotatable bonds is 4. The number of hydrogen-bond acceptors (Lipinski definition) is 3. The minimum absolute atomic E-state index is 0.260. The molecule has 1 saturated carbocycles. The molecule has 0 radical (unpaired) electrons. The Morgan fingerprint density at radius 3 is 2.94 bits per heavy atom. The molecule has 2 unspecified atom stereocenters. The van der Waals surface area contributed by atoms with Gasteiger partial charge in [0.25, 0.3) is 0 Å². The van der Waals surface area contributed by atoms with Gasteiger partial charge in [0.15, 0.2) is 0 Å². The van der Waals surface area contributed by atoms with Crippen LogP contribution in [0.3, 0.4) is 0 Å². The van der Waals surface area contributed by atoms with Gasteiger partial charge in [0.2, 0.25) is 0 Å². The van der Waals surface area contributed by atoms with Crippen molar-refractivity contribution in [1.82, 2.24) is 5.32 Å². The fourth-order valence-electron chi connectivity index (χ4n) is 2.51. The Balaban J connectivity index is 1.92. The van der Waals surface area contributed by atoms with Crippen LogP contribution in [0.15, 0.2) is 22.8 Å². The predicted molar refractivity (Wildman–Crippen MR) is 63.3 cm³/mol. The minimum Gasteiger partial charge on any atom is -0.468 e. The molecule has 1 aliphatic rings. The average Bonchev–Trinajstić information content (AvgIpc) is 2.83. The van der Waals surface area contributed by atoms with Crippen LogP contribution in [0.5, 0.6) is 0 Å². The van der Waals surface area contributed by atoms with Gasteiger partial charge < -0.3 is 14.5 Å². The molecule has 0 bridgehead atoms. The van der Waals surface area contributed by atoms with Crippen molar-refractivity contribution >= 4 is 0 Å². The first-order chi connectivity index (χ1) is 7.81. The molecule has 0 saturated heterocycles. The third-order valence-corrected chi connectivity index (χ3v) is 3.44. The highest BCUT2D eigenvalue weighted by Crippen LogP contribution is 2.23. The Bertz CT molecular complexity index is 297. The van der Waals surface area contributed by atoms with Gasteiger partial charge in [-0.15, -0.1) is 0 Å². The van der Waals surface area contributed by atoms with Gasteiger partial charge >= 0.3 is 0 Å². The summed E-state index contributed by atoms with van der Waals surface area (Å²) in [4.78, 5) is 0. The quantitative estimate of drug-likeness (QED) is 0.852. The molecule has 0 spiro atoms. The number of ether oxygens (including phenoxy) is 1. The molecule has 16 heavy (non-hydrogen) atoms. The molecule has 3 atom stereocenters. The first-order valence-corrected chi connectivity index (χ1v) is 6.13. The molecule has 0 amide bonds. The van der Waals surface area contributed by atoms with E-state index in [0.29, 0.717) is 12.1 Å². The van der Waals surface area contributed by atoms with Gasteiger partial charge in [0.1, 0.15) is 5.76 Å². The highest BCUT2D eigenvalue weighted by Gasteiger charge is 2.26. The highest BCUT2D eigenvalue weighted by molar-refractivity contribution is 5.04. The van der Waals surface area contributed by atoms with Crippen LogP contribution in [0.2, 0.25) is 0 Å². The number of methoxy groups -OCH3 is 1. The lowest BCUT2D eigenvalue weighted by Gasteiger charge is -2.32. The summed E-state index contributed by atoms with van der Waals surface area (Å²) in [6.45, 7) is 2.14. The zero-order chi connectivity index (χ0) is 11.4. The lowest BCUT2D eigenvalue weighted by atomic mass is 9.92. The monoisotopic (exact) mass is 223 g/mol. The first-order valence-electron chi connectivity index (χ1n) is 6.13. The Hall–Kier alpha value is -0.800. The van der Waals surface area contributed by atoms with Crippen molar-refractivity contribution in [3.63, 3.8) is 0 Å². The van der Waals surface area contributed by atoms with Crippen LogP contribution in [0.4, 0.5) is 0 Å². The standard InChI is InChI=1S/C13H21NO2/c1-10(12-8-5-9-16-12)14-11-6-3-4-7-13(11)15-2/h5,8-11,13-14H,3-4,6-7H2,1-2H3/t10-,11?,13?/m0/s1. The Kier molecular flexibility index (Phi) is 4.02. The second-order valence-electron chi connectivity index (χ2n) is 4.57. The van der Waals surface area contributed by atoms with Crippen molar-refractivity contribution in [2.24, 2.45) is 0 Å². The molecule has 1 aromatic heterocycles. The van der Waals surface area contributed by atoms with E-state index in [2.05, 4.69) is 12.2 Å². The third kappa shape index (κ3) is 2.66. The van der Waals surface area contributed by atoms with Crippen LogP contribution in [0.25, 0.3) is 0 Å². The lowest BCUT2D eigenvalue weighted by molar-refractivity contribution is 0.0375. The van der Waals surface area contributed by atoms with Gasteiger partial charge in [-0.05, 0) is 31.9 Å². The summed E-state index contributed by atoms with van der Waals surface area (Å²) in [6, 6.07) is 4.67. The number of hydrogen-bond donors (Lipinski definition) is 1. The van der Waals surface area contributed by atoms with Gasteiger partial charge in [-0.25, -0.2) is 0 Å². The summed E-state index contributed by atoms with van der Waals surface area (Å²) in [5.41, 5.74) is 0. The molecular formula is C13H21NO2. The van der Waals surface area contributed by atoms with Gasteiger partial charge in [0, 0.05) is 13.2 Å². The summed E-state index contributed by atoms with van der Waals surface area (Å²) >= 11 is 0. The first kappa shape index (κ1) is 11.7. The third-order valence-electron chi connectivity index (χ3n) is 3.44. The van der Waals surface area contributed by atoms with Crippen LogP contribution in [0, 0.1) is 0 Å². The van der Waals surface area contributed by atoms with Crippen LogP contribution in [-0.4, -0.2) is 19.3 Å². The summed E-state index contributed by atoms with van der Waals surface area (Å²) in [5.74, 6) is 1.00. The predicted octanol–water partition coefficient (Wildman–Crippen LogP) is 2.89. The Morgan fingerprint density at radius 1 is 1.44 bits per heavy atom. The maximum Gasteiger partial charge on any atom is 0.120 e. The molecule has 1 fully saturated rings. The average molecular weight is 223 g/mol. The largest absolute Gasteiger partial charge is 0.468 e. The van der Waals surface area contributed by atoms with Gasteiger partial charge in [-0.3, -0.25) is 0 Å². The minimum atomic E-state index is 0.260. The summed E-state index contributed by atoms with van der Waals surface area (Å²) in [6.07, 6.45) is 7.02. The Morgan fingerprint density at radius 2 is 2.25 bits per heavy atom. The van der Waals surface area contributed by atoms with Crippen molar-refractivity contribution < 1.29 is 9.15 Å². The summed E-state index contributed by atoms with van der Waals surface area (Å²) in [7, 11) is 1.81. The zero-order valence-corrected chi connectivity index (χ0v) is 10.1. The van der Waals surface area contributed by atoms with Crippen molar-refractivity contribution in [2.75, 3.05) is 7.11 Å². The van der Waals surface area contributed by atoms with Crippen LogP contribution in [-0.2, 0) is 4.74 Å². The van der Waals surface area contributed by atoms with Crippen molar-refractivity contribution in [3.05, 3.63) is 24.2 Å². The molecule has 1 heterocycles. The van der Waals surface area contributed by atoms with Crippen LogP contribution < -0.4 is 5.32 Å². The summed E-state index contributed by atoms with van der Waals surface area (Å²) in [5, 5.41) is 3.60. The van der Waals surface area contributed by atoms with Gasteiger partial charge in [-0.1, -0.05) is 12.8 Å². The molecule has 3 heteroatoms. The van der Waals surface area contributed by atoms with Crippen LogP contribution >= 0.6 is 0 Å². The zero-order valence-electron chi connectivity index (χ0n) is 10.1. The highest BCUT2D eigenvalue weighted by atomic mass is 16.5. The van der Waals surface area contributed by atoms with E-state index in [9.17, 15) is 0 Å². The lowest BCUT2D eigenvalue weighted by Crippen LogP contribution is -2.44. The fourth-order valence-corrected chi connectivity index (χ4v) is 2.51. The van der Waals surface area contributed by atoms with Crippen molar-refractivity contribution in [1.29, 1.82) is 0 Å². The van der Waals surface area contributed by atoms with E-state index in [1.165, 1.54) is 25.7 Å². The maximum atomic E-state index is 5.53. The van der Waals surface area contributed by atoms with E-state index in [-0.39, 0.29) is 6.04 Å². The van der Waals surface area contributed by atoms with Gasteiger partial charge in [0.05, 0.1) is 18.4 Å². The van der Waals surface area contributed by atoms with Crippen molar-refractivity contribution in [2.45, 2.75) is 50.8 Å². The second kappa shape index (κ2) is 5.51. The number of furan rings is 1. The molecule has 2 rings (SSSR count). The smallest absolute Gasteiger partial charge is 0.120 e. The molecule has 3 nitrogen and oxygen atoms in total. The topological polar surface area (TPSA) is 34.4 Å². The molecule has 1 N–H and O–H groups in total. The molecule has 0 aliphatic heterocycles.